The van der Waals surface area contributed by atoms with E-state index in [4.69, 9.17) is 19.4 Å². The van der Waals surface area contributed by atoms with Crippen molar-refractivity contribution in [3.05, 3.63) is 71.2 Å². The van der Waals surface area contributed by atoms with Gasteiger partial charge in [-0.3, -0.25) is 0 Å². The molecule has 4 rings (SSSR count). The Morgan fingerprint density at radius 1 is 0.667 bits per heavy atom. The lowest BCUT2D eigenvalue weighted by atomic mass is 10.0. The van der Waals surface area contributed by atoms with Crippen molar-refractivity contribution in [2.45, 2.75) is 0 Å². The topological polar surface area (TPSA) is 44.2 Å². The summed E-state index contributed by atoms with van der Waals surface area (Å²) in [6, 6.07) is 21.6. The number of hydrogen-bond acceptors (Lipinski definition) is 4. The van der Waals surface area contributed by atoms with Crippen molar-refractivity contribution >= 4 is 27.0 Å². The van der Waals surface area contributed by atoms with E-state index in [0.717, 1.165) is 49.5 Å². The summed E-state index contributed by atoms with van der Waals surface area (Å²) in [4.78, 5) is 9.85. The van der Waals surface area contributed by atoms with Crippen LogP contribution in [-0.4, -0.2) is 24.2 Å². The second kappa shape index (κ2) is 7.37. The minimum Gasteiger partial charge on any atom is -0.497 e. The highest BCUT2D eigenvalue weighted by molar-refractivity contribution is 9.10. The SMILES string of the molecule is COc1ccc(-c2nc3cccc(Br)c3nc2-c2ccc(OC)cc2)cc1. The Morgan fingerprint density at radius 3 is 1.70 bits per heavy atom. The van der Waals surface area contributed by atoms with Crippen molar-refractivity contribution in [3.63, 3.8) is 0 Å². The number of ether oxygens (including phenoxy) is 2. The van der Waals surface area contributed by atoms with Gasteiger partial charge in [-0.2, -0.15) is 0 Å². The average molecular weight is 421 g/mol. The van der Waals surface area contributed by atoms with Gasteiger partial charge < -0.3 is 9.47 Å². The fourth-order valence-corrected chi connectivity index (χ4v) is 3.39. The average Bonchev–Trinajstić information content (AvgIpc) is 2.73. The molecule has 1 aromatic heterocycles. The summed E-state index contributed by atoms with van der Waals surface area (Å²) in [5, 5.41) is 0. The van der Waals surface area contributed by atoms with Crippen LogP contribution >= 0.6 is 15.9 Å². The predicted molar refractivity (Wildman–Crippen MR) is 111 cm³/mol. The maximum absolute atomic E-state index is 5.28. The van der Waals surface area contributed by atoms with E-state index in [1.54, 1.807) is 14.2 Å². The molecule has 0 aliphatic carbocycles. The molecule has 0 aliphatic heterocycles. The highest BCUT2D eigenvalue weighted by Gasteiger charge is 2.14. The minimum atomic E-state index is 0.805. The van der Waals surface area contributed by atoms with Gasteiger partial charge in [0.1, 0.15) is 17.0 Å². The summed E-state index contributed by atoms with van der Waals surface area (Å²) in [6.07, 6.45) is 0. The van der Waals surface area contributed by atoms with E-state index in [9.17, 15) is 0 Å². The van der Waals surface area contributed by atoms with Crippen LogP contribution in [0.4, 0.5) is 0 Å². The molecule has 0 unspecified atom stereocenters. The van der Waals surface area contributed by atoms with E-state index in [1.807, 2.05) is 66.7 Å². The lowest BCUT2D eigenvalue weighted by Crippen LogP contribution is -1.96. The Labute approximate surface area is 165 Å². The fraction of sp³-hybridized carbons (Fsp3) is 0.0909. The predicted octanol–water partition coefficient (Wildman–Crippen LogP) is 5.74. The third-order valence-corrected chi connectivity index (χ3v) is 5.01. The molecule has 4 aromatic rings. The molecule has 0 fully saturated rings. The van der Waals surface area contributed by atoms with E-state index in [-0.39, 0.29) is 0 Å². The van der Waals surface area contributed by atoms with Crippen LogP contribution in [0.5, 0.6) is 11.5 Å². The van der Waals surface area contributed by atoms with Gasteiger partial charge in [0.15, 0.2) is 0 Å². The highest BCUT2D eigenvalue weighted by Crippen LogP contribution is 2.34. The molecular formula is C22H17BrN2O2. The third kappa shape index (κ3) is 3.38. The van der Waals surface area contributed by atoms with Crippen LogP contribution in [0.25, 0.3) is 33.5 Å². The van der Waals surface area contributed by atoms with Crippen molar-refractivity contribution in [2.24, 2.45) is 0 Å². The Hall–Kier alpha value is -2.92. The smallest absolute Gasteiger partial charge is 0.118 e. The first-order valence-electron chi connectivity index (χ1n) is 8.44. The van der Waals surface area contributed by atoms with E-state index in [0.29, 0.717) is 0 Å². The summed E-state index contributed by atoms with van der Waals surface area (Å²) in [7, 11) is 3.32. The van der Waals surface area contributed by atoms with Gasteiger partial charge in [0.05, 0.1) is 31.1 Å². The quantitative estimate of drug-likeness (QED) is 0.421. The first kappa shape index (κ1) is 17.5. The molecule has 0 saturated heterocycles. The second-order valence-corrected chi connectivity index (χ2v) is 6.84. The van der Waals surface area contributed by atoms with Crippen molar-refractivity contribution in [1.82, 2.24) is 9.97 Å². The summed E-state index contributed by atoms with van der Waals surface area (Å²) in [5.74, 6) is 1.61. The molecule has 0 N–H and O–H groups in total. The first-order chi connectivity index (χ1) is 13.2. The number of benzene rings is 3. The van der Waals surface area contributed by atoms with Gasteiger partial charge in [-0.1, -0.05) is 6.07 Å². The van der Waals surface area contributed by atoms with Gasteiger partial charge in [0.25, 0.3) is 0 Å². The third-order valence-electron chi connectivity index (χ3n) is 4.37. The van der Waals surface area contributed by atoms with Crippen LogP contribution in [0, 0.1) is 0 Å². The Bertz CT molecular complexity index is 1090. The van der Waals surface area contributed by atoms with Crippen molar-refractivity contribution in [3.8, 4) is 34.0 Å². The lowest BCUT2D eigenvalue weighted by molar-refractivity contribution is 0.414. The first-order valence-corrected chi connectivity index (χ1v) is 9.24. The maximum atomic E-state index is 5.28. The van der Waals surface area contributed by atoms with E-state index in [2.05, 4.69) is 15.9 Å². The van der Waals surface area contributed by atoms with Crippen molar-refractivity contribution in [1.29, 1.82) is 0 Å². The van der Waals surface area contributed by atoms with Crippen LogP contribution in [0.1, 0.15) is 0 Å². The zero-order valence-electron chi connectivity index (χ0n) is 14.9. The number of fused-ring (bicyclic) bond motifs is 1. The van der Waals surface area contributed by atoms with E-state index >= 15 is 0 Å². The standard InChI is InChI=1S/C22H17BrN2O2/c1-26-16-10-6-14(7-11-16)20-21(15-8-12-17(27-2)13-9-15)25-22-18(23)4-3-5-19(22)24-20/h3-13H,1-2H3. The number of rotatable bonds is 4. The van der Waals surface area contributed by atoms with Gasteiger partial charge in [-0.25, -0.2) is 9.97 Å². The zero-order valence-corrected chi connectivity index (χ0v) is 16.5. The molecular weight excluding hydrogens is 404 g/mol. The van der Waals surface area contributed by atoms with Gasteiger partial charge in [0, 0.05) is 15.6 Å². The summed E-state index contributed by atoms with van der Waals surface area (Å²) >= 11 is 3.59. The number of aromatic nitrogens is 2. The monoisotopic (exact) mass is 420 g/mol. The molecule has 134 valence electrons. The van der Waals surface area contributed by atoms with Crippen LogP contribution in [-0.2, 0) is 0 Å². The zero-order chi connectivity index (χ0) is 18.8. The summed E-state index contributed by atoms with van der Waals surface area (Å²) in [6.45, 7) is 0. The van der Waals surface area contributed by atoms with Crippen LogP contribution < -0.4 is 9.47 Å². The van der Waals surface area contributed by atoms with Gasteiger partial charge in [-0.05, 0) is 76.6 Å². The number of hydrogen-bond donors (Lipinski definition) is 0. The van der Waals surface area contributed by atoms with E-state index in [1.165, 1.54) is 0 Å². The number of methoxy groups -OCH3 is 2. The van der Waals surface area contributed by atoms with Crippen LogP contribution in [0.15, 0.2) is 71.2 Å². The number of halogens is 1. The van der Waals surface area contributed by atoms with Gasteiger partial charge in [-0.15, -0.1) is 0 Å². The molecule has 3 aromatic carbocycles. The summed E-state index contributed by atoms with van der Waals surface area (Å²) in [5.41, 5.74) is 5.28. The van der Waals surface area contributed by atoms with Crippen LogP contribution in [0.3, 0.4) is 0 Å². The van der Waals surface area contributed by atoms with E-state index < -0.39 is 0 Å². The Balaban J connectivity index is 1.96. The molecule has 27 heavy (non-hydrogen) atoms. The second-order valence-electron chi connectivity index (χ2n) is 5.99. The molecule has 0 radical (unpaired) electrons. The van der Waals surface area contributed by atoms with Crippen LogP contribution in [0.2, 0.25) is 0 Å². The molecule has 0 saturated carbocycles. The van der Waals surface area contributed by atoms with Crippen molar-refractivity contribution < 1.29 is 9.47 Å². The molecule has 1 heterocycles. The number of para-hydroxylation sites is 1. The van der Waals surface area contributed by atoms with Crippen molar-refractivity contribution in [2.75, 3.05) is 14.2 Å². The summed E-state index contributed by atoms with van der Waals surface area (Å²) < 4.78 is 11.5. The maximum Gasteiger partial charge on any atom is 0.118 e. The molecule has 0 aliphatic rings. The molecule has 5 heteroatoms. The fourth-order valence-electron chi connectivity index (χ4n) is 2.94. The molecule has 0 atom stereocenters. The number of nitrogens with zero attached hydrogens (tertiary/aromatic N) is 2. The normalized spacial score (nSPS) is 10.8. The highest BCUT2D eigenvalue weighted by atomic mass is 79.9. The minimum absolute atomic E-state index is 0.805. The molecule has 4 nitrogen and oxygen atoms in total. The van der Waals surface area contributed by atoms with Gasteiger partial charge >= 0.3 is 0 Å². The lowest BCUT2D eigenvalue weighted by Gasteiger charge is -2.12. The molecule has 0 spiro atoms. The molecule has 0 bridgehead atoms. The van der Waals surface area contributed by atoms with Gasteiger partial charge in [0.2, 0.25) is 0 Å². The Kier molecular flexibility index (Phi) is 4.77. The Morgan fingerprint density at radius 2 is 1.19 bits per heavy atom. The molecule has 0 amide bonds. The largest absolute Gasteiger partial charge is 0.497 e.